The lowest BCUT2D eigenvalue weighted by Crippen LogP contribution is -2.29. The number of nitro groups is 1. The van der Waals surface area contributed by atoms with Crippen molar-refractivity contribution in [3.63, 3.8) is 0 Å². The fourth-order valence-electron chi connectivity index (χ4n) is 3.00. The topological polar surface area (TPSA) is 76.3 Å². The minimum absolute atomic E-state index is 0.0521. The van der Waals surface area contributed by atoms with Crippen LogP contribution in [0.3, 0.4) is 0 Å². The van der Waals surface area contributed by atoms with Crippen LogP contribution in [0.5, 0.6) is 0 Å². The monoisotopic (exact) mass is 423 g/mol. The average Bonchev–Trinajstić information content (AvgIpc) is 3.37. The van der Waals surface area contributed by atoms with Crippen LogP contribution in [0.4, 0.5) is 10.1 Å². The maximum absolute atomic E-state index is 13.3. The molecule has 0 saturated carbocycles. The first kappa shape index (κ1) is 19.2. The van der Waals surface area contributed by atoms with Gasteiger partial charge in [0.05, 0.1) is 26.6 Å². The van der Waals surface area contributed by atoms with Crippen LogP contribution < -0.4 is 4.90 Å². The van der Waals surface area contributed by atoms with Crippen molar-refractivity contribution in [2.45, 2.75) is 20.4 Å². The molecule has 4 rings (SSSR count). The predicted octanol–water partition coefficient (Wildman–Crippen LogP) is 5.73. The van der Waals surface area contributed by atoms with Crippen LogP contribution in [0.1, 0.15) is 26.4 Å². The molecule has 2 aromatic heterocycles. The molecule has 0 spiro atoms. The Morgan fingerprint density at radius 2 is 1.83 bits per heavy atom. The summed E-state index contributed by atoms with van der Waals surface area (Å²) in [5.74, 6) is -0.291. The molecule has 8 heteroatoms. The molecule has 0 radical (unpaired) electrons. The van der Waals surface area contributed by atoms with Crippen molar-refractivity contribution in [3.8, 4) is 0 Å². The summed E-state index contributed by atoms with van der Waals surface area (Å²) in [4.78, 5) is 30.5. The van der Waals surface area contributed by atoms with Gasteiger partial charge in [-0.15, -0.1) is 0 Å². The largest absolute Gasteiger partial charge is 0.324 e. The number of carbonyl (C=O) groups excluding carboxylic acids is 1. The smallest absolute Gasteiger partial charge is 0.279 e. The van der Waals surface area contributed by atoms with E-state index >= 15 is 0 Å². The fraction of sp³-hybridized carbons (Fsp3) is 0.143. The van der Waals surface area contributed by atoms with Crippen LogP contribution in [-0.2, 0) is 6.54 Å². The van der Waals surface area contributed by atoms with Crippen molar-refractivity contribution in [2.24, 2.45) is 0 Å². The summed E-state index contributed by atoms with van der Waals surface area (Å²) < 4.78 is 1.01. The Bertz CT molecular complexity index is 1210. The molecule has 0 aliphatic heterocycles. The van der Waals surface area contributed by atoms with E-state index in [-0.39, 0.29) is 10.9 Å². The van der Waals surface area contributed by atoms with E-state index in [0.29, 0.717) is 16.6 Å². The Kier molecular flexibility index (Phi) is 5.12. The van der Waals surface area contributed by atoms with Crippen LogP contribution in [0.25, 0.3) is 10.2 Å². The number of anilines is 1. The van der Waals surface area contributed by atoms with E-state index in [2.05, 4.69) is 0 Å². The van der Waals surface area contributed by atoms with Gasteiger partial charge in [0.25, 0.3) is 5.91 Å². The number of hydrogen-bond acceptors (Lipinski definition) is 6. The highest BCUT2D eigenvalue weighted by molar-refractivity contribution is 7.22. The van der Waals surface area contributed by atoms with Crippen LogP contribution in [0.2, 0.25) is 0 Å². The maximum Gasteiger partial charge on any atom is 0.324 e. The van der Waals surface area contributed by atoms with E-state index < -0.39 is 4.92 Å². The van der Waals surface area contributed by atoms with Gasteiger partial charge >= 0.3 is 5.00 Å². The second kappa shape index (κ2) is 7.73. The molecule has 0 aliphatic rings. The van der Waals surface area contributed by atoms with E-state index in [4.69, 9.17) is 4.98 Å². The molecule has 0 bridgehead atoms. The molecule has 0 unspecified atom stereocenters. The van der Waals surface area contributed by atoms with Gasteiger partial charge in [-0.1, -0.05) is 59.1 Å². The van der Waals surface area contributed by atoms with E-state index in [1.165, 1.54) is 23.5 Å². The quantitative estimate of drug-likeness (QED) is 0.303. The third-order valence-corrected chi connectivity index (χ3v) is 6.78. The second-order valence-corrected chi connectivity index (χ2v) is 8.69. The summed E-state index contributed by atoms with van der Waals surface area (Å²) in [7, 11) is 0. The number of aromatic nitrogens is 1. The van der Waals surface area contributed by atoms with Gasteiger partial charge in [-0.3, -0.25) is 19.8 Å². The Morgan fingerprint density at radius 1 is 1.07 bits per heavy atom. The number of rotatable bonds is 5. The lowest BCUT2D eigenvalue weighted by Gasteiger charge is -2.19. The lowest BCUT2D eigenvalue weighted by molar-refractivity contribution is -0.380. The van der Waals surface area contributed by atoms with Crippen LogP contribution in [0, 0.1) is 24.0 Å². The molecule has 146 valence electrons. The second-order valence-electron chi connectivity index (χ2n) is 6.62. The zero-order chi connectivity index (χ0) is 20.5. The summed E-state index contributed by atoms with van der Waals surface area (Å²) in [6.07, 6.45) is 0. The number of thiazole rings is 1. The normalized spacial score (nSPS) is 11.0. The number of thiophene rings is 1. The van der Waals surface area contributed by atoms with Gasteiger partial charge in [-0.05, 0) is 42.7 Å². The van der Waals surface area contributed by atoms with Crippen molar-refractivity contribution < 1.29 is 9.72 Å². The molecule has 29 heavy (non-hydrogen) atoms. The number of hydrogen-bond donors (Lipinski definition) is 0. The molecule has 1 amide bonds. The minimum Gasteiger partial charge on any atom is -0.279 e. The first-order valence-electron chi connectivity index (χ1n) is 8.91. The molecule has 0 aliphatic carbocycles. The highest BCUT2D eigenvalue weighted by Crippen LogP contribution is 2.34. The Hall–Kier alpha value is -3.10. The third-order valence-electron chi connectivity index (χ3n) is 4.72. The summed E-state index contributed by atoms with van der Waals surface area (Å²) in [5, 5.41) is 11.6. The molecular formula is C21H17N3O3S2. The zero-order valence-corrected chi connectivity index (χ0v) is 17.4. The zero-order valence-electron chi connectivity index (χ0n) is 15.8. The van der Waals surface area contributed by atoms with Crippen LogP contribution in [-0.4, -0.2) is 15.8 Å². The van der Waals surface area contributed by atoms with Crippen LogP contribution >= 0.6 is 22.7 Å². The van der Waals surface area contributed by atoms with Gasteiger partial charge in [-0.25, -0.2) is 4.98 Å². The third kappa shape index (κ3) is 3.76. The first-order chi connectivity index (χ1) is 13.9. The minimum atomic E-state index is -0.479. The highest BCUT2D eigenvalue weighted by atomic mass is 32.1. The SMILES string of the molecule is Cc1ccc2sc(N(Cc3ccccc3)C(=O)c3ccc([N+](=O)[O-])s3)nc2c1C. The maximum atomic E-state index is 13.3. The van der Waals surface area contributed by atoms with E-state index in [1.807, 2.05) is 56.3 Å². The van der Waals surface area contributed by atoms with Crippen molar-refractivity contribution >= 4 is 48.9 Å². The fourth-order valence-corrected chi connectivity index (χ4v) is 4.79. The van der Waals surface area contributed by atoms with E-state index in [0.717, 1.165) is 38.2 Å². The Balaban J connectivity index is 1.78. The van der Waals surface area contributed by atoms with Gasteiger partial charge in [0.15, 0.2) is 5.13 Å². The molecule has 0 atom stereocenters. The number of benzene rings is 2. The molecule has 6 nitrogen and oxygen atoms in total. The summed E-state index contributed by atoms with van der Waals surface area (Å²) in [6.45, 7) is 4.39. The van der Waals surface area contributed by atoms with Gasteiger partial charge in [0.1, 0.15) is 0 Å². The first-order valence-corrected chi connectivity index (χ1v) is 10.5. The van der Waals surface area contributed by atoms with Crippen molar-refractivity contribution in [2.75, 3.05) is 4.90 Å². The summed E-state index contributed by atoms with van der Waals surface area (Å²) in [6, 6.07) is 16.6. The molecule has 0 fully saturated rings. The molecule has 0 saturated heterocycles. The number of aryl methyl sites for hydroxylation is 2. The van der Waals surface area contributed by atoms with E-state index in [9.17, 15) is 14.9 Å². The number of nitrogens with zero attached hydrogens (tertiary/aromatic N) is 3. The van der Waals surface area contributed by atoms with E-state index in [1.54, 1.807) is 4.90 Å². The number of fused-ring (bicyclic) bond motifs is 1. The van der Waals surface area contributed by atoms with Gasteiger partial charge in [0.2, 0.25) is 0 Å². The Morgan fingerprint density at radius 3 is 2.52 bits per heavy atom. The van der Waals surface area contributed by atoms with Crippen molar-refractivity contribution in [1.82, 2.24) is 4.98 Å². The lowest BCUT2D eigenvalue weighted by atomic mass is 10.1. The van der Waals surface area contributed by atoms with Crippen molar-refractivity contribution in [1.29, 1.82) is 0 Å². The number of amides is 1. The predicted molar refractivity (Wildman–Crippen MR) is 117 cm³/mol. The van der Waals surface area contributed by atoms with Crippen LogP contribution in [0.15, 0.2) is 54.6 Å². The molecular weight excluding hydrogens is 406 g/mol. The summed E-state index contributed by atoms with van der Waals surface area (Å²) >= 11 is 2.33. The molecule has 2 aromatic carbocycles. The van der Waals surface area contributed by atoms with Gasteiger partial charge < -0.3 is 0 Å². The molecule has 4 aromatic rings. The van der Waals surface area contributed by atoms with Gasteiger partial charge in [0, 0.05) is 6.07 Å². The van der Waals surface area contributed by atoms with Crippen molar-refractivity contribution in [3.05, 3.63) is 86.3 Å². The highest BCUT2D eigenvalue weighted by Gasteiger charge is 2.25. The standard InChI is InChI=1S/C21H17N3O3S2/c1-13-8-9-16-19(14(13)2)22-21(29-16)23(12-15-6-4-3-5-7-15)20(25)17-10-11-18(28-17)24(26)27/h3-11H,12H2,1-2H3. The van der Waals surface area contributed by atoms with Gasteiger partial charge in [-0.2, -0.15) is 0 Å². The molecule has 0 N–H and O–H groups in total. The Labute approximate surface area is 175 Å². The molecule has 2 heterocycles. The average molecular weight is 424 g/mol. The number of carbonyl (C=O) groups is 1. The summed E-state index contributed by atoms with van der Waals surface area (Å²) in [5.41, 5.74) is 4.07.